The van der Waals surface area contributed by atoms with Crippen LogP contribution in [-0.4, -0.2) is 78.6 Å². The Kier molecular flexibility index (Phi) is 7.20. The summed E-state index contributed by atoms with van der Waals surface area (Å²) in [6.07, 6.45) is 4.49. The fourth-order valence-electron chi connectivity index (χ4n) is 5.27. The fourth-order valence-corrected chi connectivity index (χ4v) is 6.26. The molecule has 0 unspecified atom stereocenters. The van der Waals surface area contributed by atoms with Gasteiger partial charge in [-0.25, -0.2) is 9.97 Å². The zero-order valence-corrected chi connectivity index (χ0v) is 21.8. The molecule has 2 aromatic heterocycles. The predicted octanol–water partition coefficient (Wildman–Crippen LogP) is 3.92. The average Bonchev–Trinajstić information content (AvgIpc) is 3.21. The summed E-state index contributed by atoms with van der Waals surface area (Å²) in [5.41, 5.74) is 2.61. The molecule has 2 fully saturated rings. The summed E-state index contributed by atoms with van der Waals surface area (Å²) in [6.45, 7) is 10.7. The first-order chi connectivity index (χ1) is 17.0. The highest BCUT2D eigenvalue weighted by molar-refractivity contribution is 7.18. The number of amides is 1. The summed E-state index contributed by atoms with van der Waals surface area (Å²) < 4.78 is 5.24. The van der Waals surface area contributed by atoms with Crippen LogP contribution < -0.4 is 9.64 Å². The molecule has 2 aliphatic heterocycles. The highest BCUT2D eigenvalue weighted by atomic mass is 32.1. The van der Waals surface area contributed by atoms with Crippen molar-refractivity contribution >= 4 is 33.3 Å². The van der Waals surface area contributed by atoms with E-state index in [0.717, 1.165) is 81.5 Å². The molecule has 35 heavy (non-hydrogen) atoms. The lowest BCUT2D eigenvalue weighted by atomic mass is 9.94. The van der Waals surface area contributed by atoms with Gasteiger partial charge in [-0.3, -0.25) is 9.69 Å². The molecule has 5 rings (SSSR count). The number of fused-ring (bicyclic) bond motifs is 1. The van der Waals surface area contributed by atoms with Crippen LogP contribution in [-0.2, 0) is 11.2 Å². The Bertz CT molecular complexity index is 1160. The van der Waals surface area contributed by atoms with Gasteiger partial charge in [-0.05, 0) is 56.4 Å². The van der Waals surface area contributed by atoms with Crippen molar-refractivity contribution in [3.63, 3.8) is 0 Å². The maximum absolute atomic E-state index is 13.3. The minimum absolute atomic E-state index is 0.125. The van der Waals surface area contributed by atoms with Gasteiger partial charge in [0.15, 0.2) is 0 Å². The number of rotatable bonds is 6. The number of carbonyl (C=O) groups excluding carboxylic acids is 1. The molecule has 1 aromatic carbocycles. The molecule has 3 aromatic rings. The lowest BCUT2D eigenvalue weighted by Gasteiger charge is -2.39. The number of aryl methyl sites for hydroxylation is 2. The molecule has 0 bridgehead atoms. The third kappa shape index (κ3) is 5.14. The Morgan fingerprint density at radius 1 is 1.03 bits per heavy atom. The predicted molar refractivity (Wildman–Crippen MR) is 142 cm³/mol. The minimum Gasteiger partial charge on any atom is -0.497 e. The first kappa shape index (κ1) is 24.0. The second-order valence-corrected chi connectivity index (χ2v) is 10.9. The third-order valence-corrected chi connectivity index (χ3v) is 8.76. The quantitative estimate of drug-likeness (QED) is 0.519. The number of thiophene rings is 1. The van der Waals surface area contributed by atoms with Gasteiger partial charge < -0.3 is 14.5 Å². The van der Waals surface area contributed by atoms with Crippen molar-refractivity contribution in [2.24, 2.45) is 5.92 Å². The van der Waals surface area contributed by atoms with Crippen molar-refractivity contribution in [3.05, 3.63) is 46.6 Å². The van der Waals surface area contributed by atoms with Gasteiger partial charge in [-0.1, -0.05) is 12.1 Å². The third-order valence-electron chi connectivity index (χ3n) is 7.65. The van der Waals surface area contributed by atoms with Crippen LogP contribution in [0.5, 0.6) is 5.75 Å². The number of anilines is 1. The minimum atomic E-state index is 0.125. The molecule has 7 nitrogen and oxygen atoms in total. The Morgan fingerprint density at radius 3 is 2.43 bits per heavy atom. The number of ether oxygens (including phenoxy) is 1. The maximum Gasteiger partial charge on any atom is 0.225 e. The van der Waals surface area contributed by atoms with Crippen LogP contribution in [0.4, 0.5) is 5.82 Å². The Balaban J connectivity index is 1.10. The number of hydrogen-bond donors (Lipinski definition) is 0. The number of benzene rings is 1. The second-order valence-electron chi connectivity index (χ2n) is 9.69. The highest BCUT2D eigenvalue weighted by Crippen LogP contribution is 2.35. The molecule has 1 amide bonds. The van der Waals surface area contributed by atoms with Crippen LogP contribution in [0.15, 0.2) is 30.6 Å². The molecule has 2 aliphatic rings. The van der Waals surface area contributed by atoms with Crippen LogP contribution in [0.2, 0.25) is 0 Å². The van der Waals surface area contributed by atoms with E-state index in [2.05, 4.69) is 50.6 Å². The first-order valence-electron chi connectivity index (χ1n) is 12.6. The largest absolute Gasteiger partial charge is 0.497 e. The number of carbonyl (C=O) groups is 1. The van der Waals surface area contributed by atoms with Gasteiger partial charge in [-0.15, -0.1) is 11.3 Å². The number of methoxy groups -OCH3 is 1. The zero-order chi connectivity index (χ0) is 24.4. The van der Waals surface area contributed by atoms with E-state index in [1.54, 1.807) is 24.8 Å². The van der Waals surface area contributed by atoms with E-state index < -0.39 is 0 Å². The summed E-state index contributed by atoms with van der Waals surface area (Å²) in [6, 6.07) is 8.32. The van der Waals surface area contributed by atoms with Gasteiger partial charge in [-0.2, -0.15) is 0 Å². The average molecular weight is 494 g/mol. The van der Waals surface area contributed by atoms with Crippen LogP contribution in [0.25, 0.3) is 10.2 Å². The monoisotopic (exact) mass is 493 g/mol. The fraction of sp³-hybridized carbons (Fsp3) is 0.519. The van der Waals surface area contributed by atoms with E-state index >= 15 is 0 Å². The molecular weight excluding hydrogens is 458 g/mol. The Morgan fingerprint density at radius 2 is 1.74 bits per heavy atom. The summed E-state index contributed by atoms with van der Waals surface area (Å²) in [5, 5.41) is 1.19. The van der Waals surface area contributed by atoms with Gasteiger partial charge in [0.05, 0.1) is 12.5 Å². The molecule has 0 radical (unpaired) electrons. The topological polar surface area (TPSA) is 61.8 Å². The molecule has 4 heterocycles. The zero-order valence-electron chi connectivity index (χ0n) is 21.0. The second kappa shape index (κ2) is 10.5. The van der Waals surface area contributed by atoms with Crippen LogP contribution >= 0.6 is 11.3 Å². The molecule has 0 saturated carbocycles. The van der Waals surface area contributed by atoms with Crippen molar-refractivity contribution in [3.8, 4) is 5.75 Å². The highest BCUT2D eigenvalue weighted by Gasteiger charge is 2.31. The van der Waals surface area contributed by atoms with Gasteiger partial charge in [0.2, 0.25) is 5.91 Å². The SMILES string of the molecule is COc1ccc(CCN2CCN(C(=O)C3CCN(c4ncnc5sc(C)c(C)c45)CC3)CC2)cc1. The van der Waals surface area contributed by atoms with E-state index in [9.17, 15) is 4.79 Å². The number of piperazine rings is 1. The molecular formula is C27H35N5O2S. The maximum atomic E-state index is 13.3. The van der Waals surface area contributed by atoms with E-state index in [4.69, 9.17) is 4.74 Å². The normalized spacial score (nSPS) is 17.8. The van der Waals surface area contributed by atoms with Gasteiger partial charge in [0.25, 0.3) is 0 Å². The van der Waals surface area contributed by atoms with Crippen molar-refractivity contribution in [2.75, 3.05) is 57.8 Å². The van der Waals surface area contributed by atoms with E-state index in [1.165, 1.54) is 21.4 Å². The van der Waals surface area contributed by atoms with Crippen molar-refractivity contribution < 1.29 is 9.53 Å². The van der Waals surface area contributed by atoms with Crippen molar-refractivity contribution in [2.45, 2.75) is 33.1 Å². The molecule has 0 N–H and O–H groups in total. The Hall–Kier alpha value is -2.71. The van der Waals surface area contributed by atoms with Crippen molar-refractivity contribution in [1.29, 1.82) is 0 Å². The van der Waals surface area contributed by atoms with Gasteiger partial charge in [0, 0.05) is 56.6 Å². The van der Waals surface area contributed by atoms with Crippen molar-refractivity contribution in [1.82, 2.24) is 19.8 Å². The summed E-state index contributed by atoms with van der Waals surface area (Å²) in [5.74, 6) is 2.40. The van der Waals surface area contributed by atoms with Crippen LogP contribution in [0.3, 0.4) is 0 Å². The van der Waals surface area contributed by atoms with Gasteiger partial charge in [0.1, 0.15) is 22.7 Å². The number of hydrogen-bond acceptors (Lipinski definition) is 7. The van der Waals surface area contributed by atoms with E-state index in [0.29, 0.717) is 5.91 Å². The molecule has 2 saturated heterocycles. The number of aromatic nitrogens is 2. The summed E-state index contributed by atoms with van der Waals surface area (Å²) in [4.78, 5) is 31.7. The lowest BCUT2D eigenvalue weighted by Crippen LogP contribution is -2.52. The molecule has 0 spiro atoms. The number of piperidine rings is 1. The van der Waals surface area contributed by atoms with Crippen LogP contribution in [0.1, 0.15) is 28.8 Å². The molecule has 0 aliphatic carbocycles. The van der Waals surface area contributed by atoms with E-state index in [-0.39, 0.29) is 5.92 Å². The standard InChI is InChI=1S/C27H35N5O2S/c1-19-20(2)35-26-24(19)25(28-18-29-26)31-12-9-22(10-13-31)27(33)32-16-14-30(15-17-32)11-8-21-4-6-23(34-3)7-5-21/h4-7,18,22H,8-17H2,1-3H3. The Labute approximate surface area is 211 Å². The first-order valence-corrected chi connectivity index (χ1v) is 13.4. The van der Waals surface area contributed by atoms with Gasteiger partial charge >= 0.3 is 0 Å². The van der Waals surface area contributed by atoms with E-state index in [1.807, 2.05) is 12.1 Å². The molecule has 8 heteroatoms. The number of nitrogens with zero attached hydrogens (tertiary/aromatic N) is 5. The molecule has 0 atom stereocenters. The molecule has 186 valence electrons. The smallest absolute Gasteiger partial charge is 0.225 e. The van der Waals surface area contributed by atoms with Crippen LogP contribution in [0, 0.1) is 19.8 Å². The lowest BCUT2D eigenvalue weighted by molar-refractivity contribution is -0.138. The summed E-state index contributed by atoms with van der Waals surface area (Å²) in [7, 11) is 1.70. The summed E-state index contributed by atoms with van der Waals surface area (Å²) >= 11 is 1.74.